The average Bonchev–Trinajstić information content (AvgIpc) is 2.53. The molecule has 1 heteroatoms. The third-order valence-corrected chi connectivity index (χ3v) is 6.76. The lowest BCUT2D eigenvalue weighted by Crippen LogP contribution is -2.13. The maximum atomic E-state index is 2.50. The van der Waals surface area contributed by atoms with Crippen molar-refractivity contribution in [1.29, 1.82) is 0 Å². The Morgan fingerprint density at radius 3 is 2.07 bits per heavy atom. The third kappa shape index (κ3) is 1.76. The number of hydrogen-bond donors (Lipinski definition) is 0. The van der Waals surface area contributed by atoms with Gasteiger partial charge in [0.2, 0.25) is 0 Å². The largest absolute Gasteiger partial charge is 0.0801 e. The summed E-state index contributed by atoms with van der Waals surface area (Å²) >= 11 is 0. The first-order valence-electron chi connectivity index (χ1n) is 5.97. The van der Waals surface area contributed by atoms with Crippen molar-refractivity contribution in [1.82, 2.24) is 0 Å². The van der Waals surface area contributed by atoms with Crippen LogP contribution < -0.4 is 5.30 Å². The van der Waals surface area contributed by atoms with E-state index >= 15 is 0 Å². The molecule has 2 aliphatic heterocycles. The van der Waals surface area contributed by atoms with E-state index in [-0.39, 0.29) is 7.92 Å². The molecule has 0 aliphatic carbocycles. The number of benzene rings is 1. The molecule has 1 aromatic rings. The van der Waals surface area contributed by atoms with Crippen LogP contribution in [0.3, 0.4) is 0 Å². The molecule has 2 heterocycles. The third-order valence-electron chi connectivity index (χ3n) is 3.57. The maximum absolute atomic E-state index is 2.50. The van der Waals surface area contributed by atoms with Gasteiger partial charge in [0.1, 0.15) is 0 Å². The van der Waals surface area contributed by atoms with E-state index in [2.05, 4.69) is 42.5 Å². The highest BCUT2D eigenvalue weighted by Crippen LogP contribution is 2.55. The van der Waals surface area contributed by atoms with Crippen LogP contribution in [-0.2, 0) is 0 Å². The van der Waals surface area contributed by atoms with Gasteiger partial charge in [-0.05, 0) is 18.1 Å². The van der Waals surface area contributed by atoms with E-state index in [0.29, 0.717) is 0 Å². The summed E-state index contributed by atoms with van der Waals surface area (Å²) < 4.78 is 0. The lowest BCUT2D eigenvalue weighted by molar-refractivity contribution is 0.673. The van der Waals surface area contributed by atoms with Crippen molar-refractivity contribution in [3.05, 3.63) is 42.5 Å². The quantitative estimate of drug-likeness (QED) is 0.496. The van der Waals surface area contributed by atoms with E-state index < -0.39 is 0 Å². The van der Waals surface area contributed by atoms with E-state index in [1.165, 1.54) is 25.7 Å². The monoisotopic (exact) mass is 216 g/mol. The molecule has 0 aromatic heterocycles. The molecular formula is C14H17P. The van der Waals surface area contributed by atoms with Crippen LogP contribution in [0.1, 0.15) is 25.7 Å². The minimum atomic E-state index is 0.0841. The number of allylic oxidation sites excluding steroid dienone is 2. The van der Waals surface area contributed by atoms with Crippen molar-refractivity contribution in [2.24, 2.45) is 0 Å². The highest BCUT2D eigenvalue weighted by atomic mass is 31.1. The summed E-state index contributed by atoms with van der Waals surface area (Å²) in [6.45, 7) is 0. The Morgan fingerprint density at radius 1 is 0.867 bits per heavy atom. The minimum Gasteiger partial charge on any atom is -0.0801 e. The number of fused-ring (bicyclic) bond motifs is 2. The van der Waals surface area contributed by atoms with Gasteiger partial charge in [0, 0.05) is 11.3 Å². The van der Waals surface area contributed by atoms with Crippen molar-refractivity contribution in [3.8, 4) is 0 Å². The van der Waals surface area contributed by atoms with Gasteiger partial charge in [-0.2, -0.15) is 0 Å². The Hall–Kier alpha value is -0.610. The molecule has 1 aromatic carbocycles. The summed E-state index contributed by atoms with van der Waals surface area (Å²) in [4.78, 5) is 0. The van der Waals surface area contributed by atoms with Crippen molar-refractivity contribution < 1.29 is 0 Å². The molecule has 3 rings (SSSR count). The Balaban J connectivity index is 1.93. The van der Waals surface area contributed by atoms with Crippen LogP contribution in [0.2, 0.25) is 0 Å². The van der Waals surface area contributed by atoms with Gasteiger partial charge in [0.05, 0.1) is 0 Å². The van der Waals surface area contributed by atoms with Crippen LogP contribution in [0.4, 0.5) is 0 Å². The Labute approximate surface area is 93.1 Å². The van der Waals surface area contributed by atoms with Crippen LogP contribution in [-0.4, -0.2) is 11.3 Å². The first-order valence-corrected chi connectivity index (χ1v) is 7.45. The minimum absolute atomic E-state index is 0.0841. The summed E-state index contributed by atoms with van der Waals surface area (Å²) in [6.07, 6.45) is 10.7. The van der Waals surface area contributed by atoms with Gasteiger partial charge in [-0.1, -0.05) is 63.2 Å². The first kappa shape index (κ1) is 9.60. The number of hydrogen-bond acceptors (Lipinski definition) is 0. The molecule has 2 aliphatic rings. The second-order valence-corrected chi connectivity index (χ2v) is 7.20. The Morgan fingerprint density at radius 2 is 1.47 bits per heavy atom. The molecular weight excluding hydrogens is 199 g/mol. The summed E-state index contributed by atoms with van der Waals surface area (Å²) in [7, 11) is 0.0841. The van der Waals surface area contributed by atoms with Gasteiger partial charge in [-0.25, -0.2) is 0 Å². The molecule has 0 saturated carbocycles. The normalized spacial score (nSPS) is 34.0. The lowest BCUT2D eigenvalue weighted by atomic mass is 10.1. The van der Waals surface area contributed by atoms with E-state index in [4.69, 9.17) is 0 Å². The van der Waals surface area contributed by atoms with Crippen LogP contribution in [0.5, 0.6) is 0 Å². The molecule has 0 amide bonds. The molecule has 0 nitrogen and oxygen atoms in total. The fraction of sp³-hybridized carbons (Fsp3) is 0.429. The fourth-order valence-corrected chi connectivity index (χ4v) is 6.11. The van der Waals surface area contributed by atoms with Crippen molar-refractivity contribution in [2.75, 3.05) is 0 Å². The Bertz CT molecular complexity index is 339. The Kier molecular flexibility index (Phi) is 2.63. The first-order chi connectivity index (χ1) is 7.45. The van der Waals surface area contributed by atoms with E-state index in [0.717, 1.165) is 11.3 Å². The maximum Gasteiger partial charge on any atom is 0.00161 e. The van der Waals surface area contributed by atoms with Crippen molar-refractivity contribution in [2.45, 2.75) is 37.0 Å². The molecule has 1 fully saturated rings. The second-order valence-electron chi connectivity index (χ2n) is 4.55. The summed E-state index contributed by atoms with van der Waals surface area (Å²) in [6, 6.07) is 11.2. The standard InChI is InChI=1S/C14H17P/c1-2-6-12(7-3-1)15-13-8-4-5-9-14(15)11-10-13/h1-3,6-7,10-11,13-14H,4-5,8-9H2. The molecule has 0 N–H and O–H groups in total. The summed E-state index contributed by atoms with van der Waals surface area (Å²) in [5.41, 5.74) is 1.77. The molecule has 1 saturated heterocycles. The zero-order chi connectivity index (χ0) is 10.1. The van der Waals surface area contributed by atoms with Crippen LogP contribution in [0.25, 0.3) is 0 Å². The lowest BCUT2D eigenvalue weighted by Gasteiger charge is -2.23. The zero-order valence-electron chi connectivity index (χ0n) is 8.97. The molecule has 15 heavy (non-hydrogen) atoms. The molecule has 2 bridgehead atoms. The van der Waals surface area contributed by atoms with E-state index in [1.54, 1.807) is 5.30 Å². The summed E-state index contributed by atoms with van der Waals surface area (Å²) in [5, 5.41) is 1.62. The fourth-order valence-electron chi connectivity index (χ4n) is 2.85. The van der Waals surface area contributed by atoms with Crippen LogP contribution in [0.15, 0.2) is 42.5 Å². The zero-order valence-corrected chi connectivity index (χ0v) is 9.87. The van der Waals surface area contributed by atoms with Crippen LogP contribution >= 0.6 is 7.92 Å². The van der Waals surface area contributed by atoms with Gasteiger partial charge in [-0.15, -0.1) is 0 Å². The molecule has 2 atom stereocenters. The van der Waals surface area contributed by atoms with Gasteiger partial charge < -0.3 is 0 Å². The van der Waals surface area contributed by atoms with Gasteiger partial charge in [0.15, 0.2) is 0 Å². The van der Waals surface area contributed by atoms with E-state index in [9.17, 15) is 0 Å². The van der Waals surface area contributed by atoms with E-state index in [1.807, 2.05) is 0 Å². The average molecular weight is 216 g/mol. The molecule has 0 radical (unpaired) electrons. The van der Waals surface area contributed by atoms with Gasteiger partial charge >= 0.3 is 0 Å². The second kappa shape index (κ2) is 4.10. The predicted octanol–water partition coefficient (Wildman–Crippen LogP) is 3.67. The predicted molar refractivity (Wildman–Crippen MR) is 68.2 cm³/mol. The van der Waals surface area contributed by atoms with Gasteiger partial charge in [0.25, 0.3) is 0 Å². The summed E-state index contributed by atoms with van der Waals surface area (Å²) in [5.74, 6) is 0. The van der Waals surface area contributed by atoms with Crippen molar-refractivity contribution in [3.63, 3.8) is 0 Å². The SMILES string of the molecule is C1=CC2CCCCC1P2c1ccccc1. The van der Waals surface area contributed by atoms with Crippen LogP contribution in [0, 0.1) is 0 Å². The van der Waals surface area contributed by atoms with Crippen molar-refractivity contribution >= 4 is 13.2 Å². The molecule has 0 spiro atoms. The highest BCUT2D eigenvalue weighted by molar-refractivity contribution is 7.67. The highest BCUT2D eigenvalue weighted by Gasteiger charge is 2.33. The van der Waals surface area contributed by atoms with Gasteiger partial charge in [-0.3, -0.25) is 0 Å². The molecule has 2 unspecified atom stereocenters. The molecule has 78 valence electrons. The smallest absolute Gasteiger partial charge is 0.00161 e. The number of rotatable bonds is 1. The topological polar surface area (TPSA) is 0 Å².